The van der Waals surface area contributed by atoms with Gasteiger partial charge in [0.25, 0.3) is 5.91 Å². The van der Waals surface area contributed by atoms with Crippen LogP contribution in [0.3, 0.4) is 0 Å². The quantitative estimate of drug-likeness (QED) is 0.625. The van der Waals surface area contributed by atoms with Crippen LogP contribution in [0.1, 0.15) is 6.92 Å². The van der Waals surface area contributed by atoms with Crippen LogP contribution in [-0.4, -0.2) is 42.3 Å². The van der Waals surface area contributed by atoms with E-state index < -0.39 is 24.0 Å². The van der Waals surface area contributed by atoms with E-state index in [0.29, 0.717) is 6.92 Å². The minimum Gasteiger partial charge on any atom is -0.388 e. The van der Waals surface area contributed by atoms with Crippen LogP contribution in [0.15, 0.2) is 0 Å². The molecule has 4 nitrogen and oxygen atoms in total. The number of hydrogen-bond acceptors (Lipinski definition) is 3. The molecule has 0 bridgehead atoms. The van der Waals surface area contributed by atoms with Gasteiger partial charge in [-0.3, -0.25) is 4.79 Å². The van der Waals surface area contributed by atoms with Crippen molar-refractivity contribution in [3.8, 4) is 0 Å². The van der Waals surface area contributed by atoms with E-state index in [4.69, 9.17) is 9.84 Å². The Balaban J connectivity index is 2.45. The number of rotatable bonds is 2. The summed E-state index contributed by atoms with van der Waals surface area (Å²) in [5.41, 5.74) is 0. The number of carbonyl (C=O) groups is 1. The fourth-order valence-corrected chi connectivity index (χ4v) is 0.976. The molecule has 76 valence electrons. The molecule has 1 aliphatic rings. The molecule has 2 N–H and O–H groups in total. The summed E-state index contributed by atoms with van der Waals surface area (Å²) >= 11 is 0. The lowest BCUT2D eigenvalue weighted by Crippen LogP contribution is -2.48. The maximum Gasteiger partial charge on any atom is 0.321 e. The molecule has 1 saturated heterocycles. The largest absolute Gasteiger partial charge is 0.388 e. The minimum absolute atomic E-state index is 0.0697. The van der Waals surface area contributed by atoms with Crippen LogP contribution in [-0.2, 0) is 9.53 Å². The predicted molar refractivity (Wildman–Crippen MR) is 39.4 cm³/mol. The SMILES string of the molecule is CC(F)(F)C(=O)N[C@@H]1COC[C@H]1O. The van der Waals surface area contributed by atoms with Crippen LogP contribution in [0, 0.1) is 0 Å². The summed E-state index contributed by atoms with van der Waals surface area (Å²) in [7, 11) is 0. The fraction of sp³-hybridized carbons (Fsp3) is 0.857. The highest BCUT2D eigenvalue weighted by Gasteiger charge is 2.36. The van der Waals surface area contributed by atoms with Crippen LogP contribution >= 0.6 is 0 Å². The molecule has 0 spiro atoms. The summed E-state index contributed by atoms with van der Waals surface area (Å²) in [6, 6.07) is -0.724. The Kier molecular flexibility index (Phi) is 2.82. The zero-order valence-corrected chi connectivity index (χ0v) is 7.09. The molecule has 1 aliphatic heterocycles. The van der Waals surface area contributed by atoms with Crippen LogP contribution < -0.4 is 5.32 Å². The van der Waals surface area contributed by atoms with Gasteiger partial charge in [-0.05, 0) is 0 Å². The number of nitrogens with one attached hydrogen (secondary N) is 1. The first-order chi connectivity index (χ1) is 5.91. The summed E-state index contributed by atoms with van der Waals surface area (Å²) in [6.07, 6.45) is -0.897. The Hall–Kier alpha value is -0.750. The molecule has 1 heterocycles. The molecule has 0 aromatic rings. The molecule has 1 fully saturated rings. The first kappa shape index (κ1) is 10.3. The van der Waals surface area contributed by atoms with Crippen LogP contribution in [0.25, 0.3) is 0 Å². The van der Waals surface area contributed by atoms with E-state index in [0.717, 1.165) is 0 Å². The smallest absolute Gasteiger partial charge is 0.321 e. The Morgan fingerprint density at radius 1 is 1.62 bits per heavy atom. The van der Waals surface area contributed by atoms with Crippen molar-refractivity contribution in [3.63, 3.8) is 0 Å². The van der Waals surface area contributed by atoms with Crippen LogP contribution in [0.2, 0.25) is 0 Å². The number of carbonyl (C=O) groups excluding carboxylic acids is 1. The molecule has 0 aliphatic carbocycles. The molecule has 0 aromatic carbocycles. The van der Waals surface area contributed by atoms with Crippen molar-refractivity contribution >= 4 is 5.91 Å². The van der Waals surface area contributed by atoms with Gasteiger partial charge in [0.05, 0.1) is 25.4 Å². The molecule has 0 unspecified atom stereocenters. The number of aliphatic hydroxyl groups is 1. The Morgan fingerprint density at radius 3 is 2.62 bits per heavy atom. The van der Waals surface area contributed by atoms with E-state index in [1.165, 1.54) is 0 Å². The van der Waals surface area contributed by atoms with Gasteiger partial charge < -0.3 is 15.2 Å². The number of aliphatic hydroxyl groups excluding tert-OH is 1. The number of ether oxygens (including phenoxy) is 1. The summed E-state index contributed by atoms with van der Waals surface area (Å²) in [5, 5.41) is 11.1. The van der Waals surface area contributed by atoms with Crippen molar-refractivity contribution in [3.05, 3.63) is 0 Å². The average Bonchev–Trinajstić information content (AvgIpc) is 2.34. The van der Waals surface area contributed by atoms with Crippen LogP contribution in [0.5, 0.6) is 0 Å². The zero-order chi connectivity index (χ0) is 10.1. The summed E-state index contributed by atoms with van der Waals surface area (Å²) < 4.78 is 29.5. The van der Waals surface area contributed by atoms with Crippen molar-refractivity contribution < 1.29 is 23.4 Å². The van der Waals surface area contributed by atoms with E-state index in [9.17, 15) is 13.6 Å². The van der Waals surface area contributed by atoms with Crippen molar-refractivity contribution in [1.82, 2.24) is 5.32 Å². The highest BCUT2D eigenvalue weighted by atomic mass is 19.3. The third-order valence-electron chi connectivity index (χ3n) is 1.77. The van der Waals surface area contributed by atoms with Crippen molar-refractivity contribution in [2.24, 2.45) is 0 Å². The maximum absolute atomic E-state index is 12.4. The average molecular weight is 195 g/mol. The lowest BCUT2D eigenvalue weighted by atomic mass is 10.2. The van der Waals surface area contributed by atoms with Gasteiger partial charge in [-0.15, -0.1) is 0 Å². The van der Waals surface area contributed by atoms with Gasteiger partial charge in [0.2, 0.25) is 0 Å². The highest BCUT2D eigenvalue weighted by molar-refractivity contribution is 5.83. The first-order valence-corrected chi connectivity index (χ1v) is 3.86. The second-order valence-corrected chi connectivity index (χ2v) is 3.07. The van der Waals surface area contributed by atoms with Crippen LogP contribution in [0.4, 0.5) is 8.78 Å². The summed E-state index contributed by atoms with van der Waals surface area (Å²) in [6.45, 7) is 0.647. The van der Waals surface area contributed by atoms with Gasteiger partial charge in [-0.1, -0.05) is 0 Å². The standard InChI is InChI=1S/C7H11F2NO3/c1-7(8,9)6(12)10-4-2-13-3-5(4)11/h4-5,11H,2-3H2,1H3,(H,10,12)/t4-,5-/m1/s1. The molecule has 1 rings (SSSR count). The molecular formula is C7H11F2NO3. The van der Waals surface area contributed by atoms with Gasteiger partial charge in [-0.2, -0.15) is 8.78 Å². The summed E-state index contributed by atoms with van der Waals surface area (Å²) in [5.74, 6) is -4.80. The van der Waals surface area contributed by atoms with Gasteiger partial charge in [-0.25, -0.2) is 0 Å². The Labute approximate surface area is 73.9 Å². The lowest BCUT2D eigenvalue weighted by molar-refractivity contribution is -0.144. The van der Waals surface area contributed by atoms with E-state index in [-0.39, 0.29) is 13.2 Å². The molecule has 6 heteroatoms. The minimum atomic E-state index is -3.41. The molecule has 2 atom stereocenters. The molecule has 1 amide bonds. The van der Waals surface area contributed by atoms with E-state index >= 15 is 0 Å². The first-order valence-electron chi connectivity index (χ1n) is 3.86. The van der Waals surface area contributed by atoms with Crippen molar-refractivity contribution in [1.29, 1.82) is 0 Å². The third-order valence-corrected chi connectivity index (χ3v) is 1.77. The van der Waals surface area contributed by atoms with Gasteiger partial charge in [0.1, 0.15) is 0 Å². The predicted octanol–water partition coefficient (Wildman–Crippen LogP) is -0.483. The number of halogens is 2. The highest BCUT2D eigenvalue weighted by Crippen LogP contribution is 2.13. The van der Waals surface area contributed by atoms with Gasteiger partial charge in [0, 0.05) is 6.92 Å². The van der Waals surface area contributed by atoms with E-state index in [1.807, 2.05) is 5.32 Å². The molecule has 13 heavy (non-hydrogen) atoms. The topological polar surface area (TPSA) is 58.6 Å². The second-order valence-electron chi connectivity index (χ2n) is 3.07. The molecule has 0 saturated carbocycles. The van der Waals surface area contributed by atoms with Gasteiger partial charge in [0.15, 0.2) is 0 Å². The van der Waals surface area contributed by atoms with E-state index in [2.05, 4.69) is 0 Å². The van der Waals surface area contributed by atoms with E-state index in [1.54, 1.807) is 0 Å². The fourth-order valence-electron chi connectivity index (χ4n) is 0.976. The lowest BCUT2D eigenvalue weighted by Gasteiger charge is -2.17. The number of hydrogen-bond donors (Lipinski definition) is 2. The normalized spacial score (nSPS) is 28.9. The number of amides is 1. The van der Waals surface area contributed by atoms with Crippen molar-refractivity contribution in [2.45, 2.75) is 25.0 Å². The Bertz CT molecular complexity index is 204. The maximum atomic E-state index is 12.4. The third kappa shape index (κ3) is 2.60. The monoisotopic (exact) mass is 195 g/mol. The molecular weight excluding hydrogens is 184 g/mol. The number of alkyl halides is 2. The zero-order valence-electron chi connectivity index (χ0n) is 7.09. The molecule has 0 radical (unpaired) electrons. The Morgan fingerprint density at radius 2 is 2.23 bits per heavy atom. The molecule has 0 aromatic heterocycles. The summed E-state index contributed by atoms with van der Waals surface area (Å²) in [4.78, 5) is 10.7. The van der Waals surface area contributed by atoms with Gasteiger partial charge >= 0.3 is 5.92 Å². The second kappa shape index (κ2) is 3.55. The van der Waals surface area contributed by atoms with Crippen molar-refractivity contribution in [2.75, 3.05) is 13.2 Å².